The molecule has 7 nitrogen and oxygen atoms in total. The van der Waals surface area contributed by atoms with Gasteiger partial charge in [-0.3, -0.25) is 14.5 Å². The second-order valence-electron chi connectivity index (χ2n) is 10.1. The summed E-state index contributed by atoms with van der Waals surface area (Å²) in [5.74, 6) is 0.527. The van der Waals surface area contributed by atoms with Crippen LogP contribution in [0.15, 0.2) is 0 Å². The van der Waals surface area contributed by atoms with Crippen LogP contribution >= 0.6 is 0 Å². The fourth-order valence-electron chi connectivity index (χ4n) is 6.28. The number of amides is 2. The fourth-order valence-corrected chi connectivity index (χ4v) is 6.28. The molecular weight excluding hydrogens is 399 g/mol. The number of fused-ring (bicyclic) bond motifs is 1. The molecule has 2 heterocycles. The molecule has 7 atom stereocenters. The van der Waals surface area contributed by atoms with Gasteiger partial charge in [-0.2, -0.15) is 0 Å². The molecule has 4 aliphatic rings. The summed E-state index contributed by atoms with van der Waals surface area (Å²) in [6, 6.07) is 0.510. The van der Waals surface area contributed by atoms with E-state index in [2.05, 4.69) is 22.5 Å². The van der Waals surface area contributed by atoms with Crippen LogP contribution in [-0.4, -0.2) is 91.8 Å². The standard InChI is InChI=1S/C23H39FN4O3/c1-15-6-7-19(24)18-13-20(26-22(15)18)23(30)25-16-4-3-5-17(12-16)27-8-10-28(11-9-27)21(29)14-31-2/h15-20,22,26H,3-14H2,1-2H3,(H,25,30). The molecule has 2 N–H and O–H groups in total. The number of ether oxygens (including phenoxy) is 1. The third-order valence-electron chi connectivity index (χ3n) is 8.10. The van der Waals surface area contributed by atoms with Gasteiger partial charge in [-0.05, 0) is 50.9 Å². The molecule has 7 unspecified atom stereocenters. The SMILES string of the molecule is COCC(=O)N1CCN(C2CCCC(NC(=O)C3CC4C(F)CCC(C)C4N3)C2)CC1. The van der Waals surface area contributed by atoms with Gasteiger partial charge in [0.1, 0.15) is 12.8 Å². The predicted molar refractivity (Wildman–Crippen MR) is 116 cm³/mol. The van der Waals surface area contributed by atoms with Crippen molar-refractivity contribution >= 4 is 11.8 Å². The molecule has 2 saturated carbocycles. The number of hydrogen-bond acceptors (Lipinski definition) is 5. The Balaban J connectivity index is 1.25. The average Bonchev–Trinajstić information content (AvgIpc) is 3.24. The predicted octanol–water partition coefficient (Wildman–Crippen LogP) is 1.32. The van der Waals surface area contributed by atoms with E-state index in [0.717, 1.165) is 58.3 Å². The Labute approximate surface area is 185 Å². The Morgan fingerprint density at radius 2 is 1.87 bits per heavy atom. The van der Waals surface area contributed by atoms with E-state index in [1.807, 2.05) is 4.90 Å². The molecule has 2 saturated heterocycles. The van der Waals surface area contributed by atoms with Crippen LogP contribution in [-0.2, 0) is 14.3 Å². The van der Waals surface area contributed by atoms with Crippen molar-refractivity contribution in [3.63, 3.8) is 0 Å². The first-order chi connectivity index (χ1) is 15.0. The lowest BCUT2D eigenvalue weighted by atomic mass is 9.77. The van der Waals surface area contributed by atoms with Gasteiger partial charge in [0.2, 0.25) is 11.8 Å². The maximum atomic E-state index is 14.4. The van der Waals surface area contributed by atoms with Crippen molar-refractivity contribution in [2.24, 2.45) is 11.8 Å². The van der Waals surface area contributed by atoms with Crippen LogP contribution in [0.3, 0.4) is 0 Å². The van der Waals surface area contributed by atoms with E-state index in [1.54, 1.807) is 7.11 Å². The van der Waals surface area contributed by atoms with E-state index in [-0.39, 0.29) is 42.5 Å². The van der Waals surface area contributed by atoms with Crippen LogP contribution in [0.5, 0.6) is 0 Å². The summed E-state index contributed by atoms with van der Waals surface area (Å²) in [7, 11) is 1.55. The van der Waals surface area contributed by atoms with Crippen molar-refractivity contribution < 1.29 is 18.7 Å². The molecule has 2 aliphatic carbocycles. The molecule has 0 aromatic heterocycles. The summed E-state index contributed by atoms with van der Waals surface area (Å²) in [6.45, 7) is 5.57. The van der Waals surface area contributed by atoms with Gasteiger partial charge in [0.05, 0.1) is 6.04 Å². The second-order valence-corrected chi connectivity index (χ2v) is 10.1. The number of piperazine rings is 1. The number of methoxy groups -OCH3 is 1. The van der Waals surface area contributed by atoms with Crippen LogP contribution < -0.4 is 10.6 Å². The van der Waals surface area contributed by atoms with Gasteiger partial charge in [0.15, 0.2) is 0 Å². The maximum absolute atomic E-state index is 14.4. The monoisotopic (exact) mass is 438 g/mol. The second kappa shape index (κ2) is 10.1. The summed E-state index contributed by atoms with van der Waals surface area (Å²) in [5, 5.41) is 6.73. The molecule has 2 aliphatic heterocycles. The Morgan fingerprint density at radius 3 is 2.58 bits per heavy atom. The normalized spacial score (nSPS) is 39.2. The van der Waals surface area contributed by atoms with E-state index >= 15 is 0 Å². The quantitative estimate of drug-likeness (QED) is 0.677. The third-order valence-corrected chi connectivity index (χ3v) is 8.10. The molecule has 0 radical (unpaired) electrons. The Bertz CT molecular complexity index is 624. The van der Waals surface area contributed by atoms with Gasteiger partial charge in [0, 0.05) is 57.3 Å². The maximum Gasteiger partial charge on any atom is 0.248 e. The first-order valence-corrected chi connectivity index (χ1v) is 12.2. The molecule has 0 spiro atoms. The van der Waals surface area contributed by atoms with E-state index in [4.69, 9.17) is 4.74 Å². The highest BCUT2D eigenvalue weighted by Gasteiger charge is 2.46. The van der Waals surface area contributed by atoms with Gasteiger partial charge >= 0.3 is 0 Å². The van der Waals surface area contributed by atoms with Gasteiger partial charge in [-0.1, -0.05) is 6.92 Å². The van der Waals surface area contributed by atoms with Gasteiger partial charge in [-0.25, -0.2) is 4.39 Å². The smallest absolute Gasteiger partial charge is 0.248 e. The van der Waals surface area contributed by atoms with Crippen LogP contribution in [0.1, 0.15) is 51.9 Å². The van der Waals surface area contributed by atoms with Gasteiger partial charge in [0.25, 0.3) is 0 Å². The van der Waals surface area contributed by atoms with Crippen LogP contribution in [0.25, 0.3) is 0 Å². The largest absolute Gasteiger partial charge is 0.375 e. The van der Waals surface area contributed by atoms with Crippen molar-refractivity contribution in [1.82, 2.24) is 20.4 Å². The summed E-state index contributed by atoms with van der Waals surface area (Å²) < 4.78 is 19.3. The minimum absolute atomic E-state index is 0.0179. The number of carbonyl (C=O) groups is 2. The summed E-state index contributed by atoms with van der Waals surface area (Å²) in [4.78, 5) is 29.3. The van der Waals surface area contributed by atoms with Crippen molar-refractivity contribution in [1.29, 1.82) is 0 Å². The van der Waals surface area contributed by atoms with E-state index in [9.17, 15) is 14.0 Å². The molecule has 8 heteroatoms. The van der Waals surface area contributed by atoms with Crippen molar-refractivity contribution in [3.05, 3.63) is 0 Å². The van der Waals surface area contributed by atoms with E-state index in [0.29, 0.717) is 24.8 Å². The van der Waals surface area contributed by atoms with Crippen LogP contribution in [0, 0.1) is 11.8 Å². The Morgan fingerprint density at radius 1 is 1.10 bits per heavy atom. The van der Waals surface area contributed by atoms with E-state index < -0.39 is 6.17 Å². The molecule has 0 bridgehead atoms. The van der Waals surface area contributed by atoms with Crippen LogP contribution in [0.4, 0.5) is 4.39 Å². The highest BCUT2D eigenvalue weighted by atomic mass is 19.1. The third kappa shape index (κ3) is 5.22. The van der Waals surface area contributed by atoms with Crippen molar-refractivity contribution in [3.8, 4) is 0 Å². The lowest BCUT2D eigenvalue weighted by Crippen LogP contribution is -2.55. The van der Waals surface area contributed by atoms with E-state index in [1.165, 1.54) is 0 Å². The first kappa shape index (κ1) is 22.9. The molecule has 0 aromatic rings. The zero-order valence-electron chi connectivity index (χ0n) is 19.0. The fraction of sp³-hybridized carbons (Fsp3) is 0.913. The van der Waals surface area contributed by atoms with Gasteiger partial charge in [-0.15, -0.1) is 0 Å². The first-order valence-electron chi connectivity index (χ1n) is 12.2. The Hall–Kier alpha value is -1.25. The summed E-state index contributed by atoms with van der Waals surface area (Å²) in [6.07, 6.45) is 5.59. The molecule has 4 fully saturated rings. The number of halogens is 1. The Kier molecular flexibility index (Phi) is 7.49. The topological polar surface area (TPSA) is 73.9 Å². The lowest BCUT2D eigenvalue weighted by molar-refractivity contribution is -0.137. The molecular formula is C23H39FN4O3. The molecule has 176 valence electrons. The number of carbonyl (C=O) groups excluding carboxylic acids is 2. The number of hydrogen-bond donors (Lipinski definition) is 2. The van der Waals surface area contributed by atoms with Crippen molar-refractivity contribution in [2.45, 2.75) is 82.2 Å². The minimum Gasteiger partial charge on any atom is -0.375 e. The lowest BCUT2D eigenvalue weighted by Gasteiger charge is -2.42. The molecule has 31 heavy (non-hydrogen) atoms. The van der Waals surface area contributed by atoms with Crippen molar-refractivity contribution in [2.75, 3.05) is 39.9 Å². The zero-order chi connectivity index (χ0) is 22.0. The highest BCUT2D eigenvalue weighted by Crippen LogP contribution is 2.38. The molecule has 2 amide bonds. The summed E-state index contributed by atoms with van der Waals surface area (Å²) in [5.41, 5.74) is 0. The highest BCUT2D eigenvalue weighted by molar-refractivity contribution is 5.82. The number of nitrogens with one attached hydrogen (secondary N) is 2. The summed E-state index contributed by atoms with van der Waals surface area (Å²) >= 11 is 0. The number of alkyl halides is 1. The minimum atomic E-state index is -0.778. The van der Waals surface area contributed by atoms with Gasteiger partial charge < -0.3 is 20.3 Å². The molecule has 4 rings (SSSR count). The number of rotatable bonds is 5. The number of nitrogens with zero attached hydrogens (tertiary/aromatic N) is 2. The molecule has 0 aromatic carbocycles. The van der Waals surface area contributed by atoms with Crippen LogP contribution in [0.2, 0.25) is 0 Å². The average molecular weight is 439 g/mol. The zero-order valence-corrected chi connectivity index (χ0v) is 19.0.